The molecule has 1 aliphatic rings. The highest BCUT2D eigenvalue weighted by Crippen LogP contribution is 2.41. The largest absolute Gasteiger partial charge is 0.508 e. The van der Waals surface area contributed by atoms with Crippen molar-refractivity contribution in [1.82, 2.24) is 0 Å². The predicted molar refractivity (Wildman–Crippen MR) is 75.6 cm³/mol. The summed E-state index contributed by atoms with van der Waals surface area (Å²) in [6.45, 7) is 6.69. The van der Waals surface area contributed by atoms with E-state index in [9.17, 15) is 5.11 Å². The molecule has 0 unspecified atom stereocenters. The van der Waals surface area contributed by atoms with Gasteiger partial charge in [-0.05, 0) is 36.3 Å². The van der Waals surface area contributed by atoms with E-state index < -0.39 is 0 Å². The molecule has 2 nitrogen and oxygen atoms in total. The minimum atomic E-state index is -0.308. The lowest BCUT2D eigenvalue weighted by Gasteiger charge is -2.27. The molecule has 0 spiro atoms. The van der Waals surface area contributed by atoms with Gasteiger partial charge in [0, 0.05) is 11.1 Å². The zero-order valence-corrected chi connectivity index (χ0v) is 11.8. The number of hydrogen-bond donors (Lipinski definition) is 2. The van der Waals surface area contributed by atoms with Crippen LogP contribution in [-0.4, -0.2) is 5.11 Å². The molecule has 0 aromatic heterocycles. The Labute approximate surface area is 110 Å². The number of rotatable bonds is 2. The van der Waals surface area contributed by atoms with Gasteiger partial charge in [-0.25, -0.2) is 0 Å². The van der Waals surface area contributed by atoms with Gasteiger partial charge in [-0.2, -0.15) is 0 Å². The predicted octanol–water partition coefficient (Wildman–Crippen LogP) is 3.71. The lowest BCUT2D eigenvalue weighted by molar-refractivity contribution is 0.398. The highest BCUT2D eigenvalue weighted by molar-refractivity contribution is 5.42. The topological polar surface area (TPSA) is 46.2 Å². The van der Waals surface area contributed by atoms with E-state index in [1.807, 2.05) is 12.1 Å². The minimum absolute atomic E-state index is 0.256. The zero-order chi connectivity index (χ0) is 13.4. The molecule has 1 saturated carbocycles. The van der Waals surface area contributed by atoms with Crippen LogP contribution in [-0.2, 0) is 12.0 Å². The number of aromatic hydroxyl groups is 1. The molecule has 0 atom stereocenters. The van der Waals surface area contributed by atoms with Gasteiger partial charge in [-0.3, -0.25) is 0 Å². The standard InChI is InChI=1S/C16H25NO/c1-15(2,3)11-12-6-7-14(18)13(10-12)16(17)8-4-5-9-16/h6-7,10,18H,4-5,8-9,11,17H2,1-3H3. The molecule has 1 fully saturated rings. The van der Waals surface area contributed by atoms with Gasteiger partial charge in [-0.1, -0.05) is 45.7 Å². The van der Waals surface area contributed by atoms with E-state index in [0.717, 1.165) is 24.8 Å². The highest BCUT2D eigenvalue weighted by atomic mass is 16.3. The van der Waals surface area contributed by atoms with Crippen LogP contribution in [0.2, 0.25) is 0 Å². The van der Waals surface area contributed by atoms with Gasteiger partial charge in [0.2, 0.25) is 0 Å². The molecular formula is C16H25NO. The third-order valence-electron chi connectivity index (χ3n) is 3.83. The fourth-order valence-corrected chi connectivity index (χ4v) is 2.98. The summed E-state index contributed by atoms with van der Waals surface area (Å²) >= 11 is 0. The quantitative estimate of drug-likeness (QED) is 0.837. The van der Waals surface area contributed by atoms with E-state index >= 15 is 0 Å². The van der Waals surface area contributed by atoms with Crippen LogP contribution in [0.25, 0.3) is 0 Å². The maximum atomic E-state index is 10.1. The van der Waals surface area contributed by atoms with E-state index in [4.69, 9.17) is 5.73 Å². The smallest absolute Gasteiger partial charge is 0.120 e. The Morgan fingerprint density at radius 3 is 2.39 bits per heavy atom. The van der Waals surface area contributed by atoms with E-state index in [2.05, 4.69) is 26.8 Å². The molecule has 0 heterocycles. The molecule has 3 N–H and O–H groups in total. The third kappa shape index (κ3) is 2.86. The van der Waals surface area contributed by atoms with Crippen molar-refractivity contribution in [3.8, 4) is 5.75 Å². The average molecular weight is 247 g/mol. The van der Waals surface area contributed by atoms with Crippen molar-refractivity contribution in [2.75, 3.05) is 0 Å². The summed E-state index contributed by atoms with van der Waals surface area (Å²) in [7, 11) is 0. The number of phenols is 1. The van der Waals surface area contributed by atoms with Crippen molar-refractivity contribution in [1.29, 1.82) is 0 Å². The van der Waals surface area contributed by atoms with Crippen LogP contribution >= 0.6 is 0 Å². The second kappa shape index (κ2) is 4.58. The summed E-state index contributed by atoms with van der Waals surface area (Å²) in [5.41, 5.74) is 8.62. The van der Waals surface area contributed by atoms with Crippen LogP contribution in [0.15, 0.2) is 18.2 Å². The Hall–Kier alpha value is -1.02. The van der Waals surface area contributed by atoms with Crippen molar-refractivity contribution < 1.29 is 5.11 Å². The van der Waals surface area contributed by atoms with Gasteiger partial charge >= 0.3 is 0 Å². The average Bonchev–Trinajstić information content (AvgIpc) is 2.67. The van der Waals surface area contributed by atoms with E-state index in [-0.39, 0.29) is 11.0 Å². The molecule has 0 radical (unpaired) electrons. The molecule has 100 valence electrons. The summed E-state index contributed by atoms with van der Waals surface area (Å²) in [6, 6.07) is 5.94. The molecule has 0 aliphatic heterocycles. The normalized spacial score (nSPS) is 19.1. The summed E-state index contributed by atoms with van der Waals surface area (Å²) in [6.07, 6.45) is 5.31. The molecule has 2 heteroatoms. The summed E-state index contributed by atoms with van der Waals surface area (Å²) in [5.74, 6) is 0.358. The molecule has 0 amide bonds. The van der Waals surface area contributed by atoms with Crippen LogP contribution in [0, 0.1) is 5.41 Å². The maximum Gasteiger partial charge on any atom is 0.120 e. The lowest BCUT2D eigenvalue weighted by atomic mass is 9.83. The lowest BCUT2D eigenvalue weighted by Crippen LogP contribution is -2.33. The number of nitrogens with two attached hydrogens (primary N) is 1. The van der Waals surface area contributed by atoms with Crippen molar-refractivity contribution in [2.45, 2.75) is 58.4 Å². The van der Waals surface area contributed by atoms with E-state index in [1.165, 1.54) is 18.4 Å². The first-order valence-corrected chi connectivity index (χ1v) is 6.91. The Kier molecular flexibility index (Phi) is 3.41. The summed E-state index contributed by atoms with van der Waals surface area (Å²) < 4.78 is 0. The van der Waals surface area contributed by atoms with Gasteiger partial charge in [0.05, 0.1) is 0 Å². The Morgan fingerprint density at radius 2 is 1.83 bits per heavy atom. The maximum absolute atomic E-state index is 10.1. The van der Waals surface area contributed by atoms with Gasteiger partial charge < -0.3 is 10.8 Å². The highest BCUT2D eigenvalue weighted by Gasteiger charge is 2.33. The molecule has 0 saturated heterocycles. The second-order valence-electron chi connectivity index (χ2n) is 6.95. The molecule has 1 aliphatic carbocycles. The molecule has 1 aromatic rings. The van der Waals surface area contributed by atoms with Crippen LogP contribution in [0.5, 0.6) is 5.75 Å². The van der Waals surface area contributed by atoms with Crippen molar-refractivity contribution >= 4 is 0 Å². The first-order valence-electron chi connectivity index (χ1n) is 6.91. The monoisotopic (exact) mass is 247 g/mol. The van der Waals surface area contributed by atoms with Crippen molar-refractivity contribution in [3.05, 3.63) is 29.3 Å². The van der Waals surface area contributed by atoms with Crippen LogP contribution in [0.3, 0.4) is 0 Å². The van der Waals surface area contributed by atoms with Crippen molar-refractivity contribution in [2.24, 2.45) is 11.1 Å². The van der Waals surface area contributed by atoms with Crippen molar-refractivity contribution in [3.63, 3.8) is 0 Å². The van der Waals surface area contributed by atoms with Crippen LogP contribution in [0.4, 0.5) is 0 Å². The Bertz CT molecular complexity index is 425. The van der Waals surface area contributed by atoms with E-state index in [1.54, 1.807) is 0 Å². The van der Waals surface area contributed by atoms with Crippen LogP contribution < -0.4 is 5.73 Å². The van der Waals surface area contributed by atoms with Gasteiger partial charge in [0.15, 0.2) is 0 Å². The van der Waals surface area contributed by atoms with Gasteiger partial charge in [0.25, 0.3) is 0 Å². The first kappa shape index (κ1) is 13.4. The summed E-state index contributed by atoms with van der Waals surface area (Å²) in [5, 5.41) is 10.1. The number of hydrogen-bond acceptors (Lipinski definition) is 2. The summed E-state index contributed by atoms with van der Waals surface area (Å²) in [4.78, 5) is 0. The molecule has 2 rings (SSSR count). The second-order valence-corrected chi connectivity index (χ2v) is 6.95. The number of phenolic OH excluding ortho intramolecular Hbond substituents is 1. The minimum Gasteiger partial charge on any atom is -0.508 e. The van der Waals surface area contributed by atoms with Gasteiger partial charge in [0.1, 0.15) is 5.75 Å². The van der Waals surface area contributed by atoms with Gasteiger partial charge in [-0.15, -0.1) is 0 Å². The van der Waals surface area contributed by atoms with E-state index in [0.29, 0.717) is 5.75 Å². The SMILES string of the molecule is CC(C)(C)Cc1ccc(O)c(C2(N)CCCC2)c1. The Morgan fingerprint density at radius 1 is 1.22 bits per heavy atom. The molecule has 18 heavy (non-hydrogen) atoms. The molecular weight excluding hydrogens is 222 g/mol. The zero-order valence-electron chi connectivity index (χ0n) is 11.8. The fourth-order valence-electron chi connectivity index (χ4n) is 2.98. The first-order chi connectivity index (χ1) is 8.30. The van der Waals surface area contributed by atoms with Crippen LogP contribution in [0.1, 0.15) is 57.6 Å². The molecule has 1 aromatic carbocycles. The third-order valence-corrected chi connectivity index (χ3v) is 3.83. The fraction of sp³-hybridized carbons (Fsp3) is 0.625. The Balaban J connectivity index is 2.32. The number of benzene rings is 1. The molecule has 0 bridgehead atoms.